The van der Waals surface area contributed by atoms with Crippen molar-refractivity contribution in [1.29, 1.82) is 0 Å². The van der Waals surface area contributed by atoms with Crippen LogP contribution in [0.4, 0.5) is 0 Å². The highest BCUT2D eigenvalue weighted by atomic mass is 16.5. The van der Waals surface area contributed by atoms with Crippen molar-refractivity contribution in [3.63, 3.8) is 0 Å². The summed E-state index contributed by atoms with van der Waals surface area (Å²) in [4.78, 5) is 13.9. The third kappa shape index (κ3) is 3.96. The first kappa shape index (κ1) is 14.5. The van der Waals surface area contributed by atoms with Crippen LogP contribution >= 0.6 is 0 Å². The lowest BCUT2D eigenvalue weighted by atomic mass is 10.0. The summed E-state index contributed by atoms with van der Waals surface area (Å²) in [5.41, 5.74) is 5.98. The topological polar surface area (TPSA) is 55.6 Å². The van der Waals surface area contributed by atoms with Crippen LogP contribution in [0.5, 0.6) is 0 Å². The summed E-state index contributed by atoms with van der Waals surface area (Å²) >= 11 is 0. The first-order valence-corrected chi connectivity index (χ1v) is 6.55. The van der Waals surface area contributed by atoms with Crippen molar-refractivity contribution in [2.24, 2.45) is 17.6 Å². The van der Waals surface area contributed by atoms with Gasteiger partial charge in [0.1, 0.15) is 6.10 Å². The van der Waals surface area contributed by atoms with Gasteiger partial charge < -0.3 is 15.4 Å². The van der Waals surface area contributed by atoms with Gasteiger partial charge in [-0.1, -0.05) is 20.8 Å². The number of hydrogen-bond donors (Lipinski definition) is 1. The average molecular weight is 242 g/mol. The predicted molar refractivity (Wildman–Crippen MR) is 68.6 cm³/mol. The molecule has 4 nitrogen and oxygen atoms in total. The third-order valence-corrected chi connectivity index (χ3v) is 3.66. The Balaban J connectivity index is 2.36. The highest BCUT2D eigenvalue weighted by molar-refractivity contribution is 5.81. The monoisotopic (exact) mass is 242 g/mol. The Bertz CT molecular complexity index is 256. The summed E-state index contributed by atoms with van der Waals surface area (Å²) in [6.07, 6.45) is 1.59. The Morgan fingerprint density at radius 3 is 2.65 bits per heavy atom. The van der Waals surface area contributed by atoms with Crippen molar-refractivity contribution in [2.75, 3.05) is 20.2 Å². The van der Waals surface area contributed by atoms with E-state index in [1.807, 2.05) is 7.05 Å². The molecule has 1 fully saturated rings. The highest BCUT2D eigenvalue weighted by Gasteiger charge is 2.32. The first-order valence-electron chi connectivity index (χ1n) is 6.55. The molecule has 17 heavy (non-hydrogen) atoms. The Kier molecular flexibility index (Phi) is 5.40. The quantitative estimate of drug-likeness (QED) is 0.789. The van der Waals surface area contributed by atoms with E-state index in [4.69, 9.17) is 10.5 Å². The number of carbonyl (C=O) groups excluding carboxylic acids is 1. The predicted octanol–water partition coefficient (Wildman–Crippen LogP) is 1.24. The molecule has 1 saturated heterocycles. The van der Waals surface area contributed by atoms with E-state index in [0.29, 0.717) is 25.0 Å². The van der Waals surface area contributed by atoms with Gasteiger partial charge in [0.25, 0.3) is 5.91 Å². The van der Waals surface area contributed by atoms with Gasteiger partial charge in [-0.05, 0) is 24.7 Å². The molecule has 100 valence electrons. The Morgan fingerprint density at radius 1 is 1.53 bits per heavy atom. The van der Waals surface area contributed by atoms with Gasteiger partial charge in [0.15, 0.2) is 0 Å². The van der Waals surface area contributed by atoms with Crippen LogP contribution in [0.2, 0.25) is 0 Å². The van der Waals surface area contributed by atoms with Gasteiger partial charge in [0.2, 0.25) is 0 Å². The van der Waals surface area contributed by atoms with Crippen molar-refractivity contribution >= 4 is 5.91 Å². The lowest BCUT2D eigenvalue weighted by molar-refractivity contribution is -0.141. The van der Waals surface area contributed by atoms with Gasteiger partial charge in [0, 0.05) is 26.2 Å². The maximum Gasteiger partial charge on any atom is 0.251 e. The molecular weight excluding hydrogens is 216 g/mol. The van der Waals surface area contributed by atoms with Crippen LogP contribution in [0.15, 0.2) is 0 Å². The van der Waals surface area contributed by atoms with Gasteiger partial charge in [-0.25, -0.2) is 0 Å². The molecule has 3 unspecified atom stereocenters. The van der Waals surface area contributed by atoms with E-state index >= 15 is 0 Å². The molecule has 0 radical (unpaired) electrons. The van der Waals surface area contributed by atoms with E-state index in [-0.39, 0.29) is 18.1 Å². The molecule has 0 aromatic rings. The minimum absolute atomic E-state index is 0.103. The zero-order chi connectivity index (χ0) is 13.0. The van der Waals surface area contributed by atoms with Gasteiger partial charge in [0.05, 0.1) is 0 Å². The van der Waals surface area contributed by atoms with Crippen LogP contribution in [-0.2, 0) is 9.53 Å². The fourth-order valence-corrected chi connectivity index (χ4v) is 2.01. The standard InChI is InChI=1S/C13H26N2O2/c1-9(2)11(14)5-7-15(4)13(16)12-10(3)6-8-17-12/h9-12H,5-8,14H2,1-4H3. The second-order valence-corrected chi connectivity index (χ2v) is 5.51. The molecule has 0 spiro atoms. The summed E-state index contributed by atoms with van der Waals surface area (Å²) in [6.45, 7) is 7.70. The van der Waals surface area contributed by atoms with E-state index in [2.05, 4.69) is 20.8 Å². The Hall–Kier alpha value is -0.610. The molecule has 1 heterocycles. The fourth-order valence-electron chi connectivity index (χ4n) is 2.01. The number of nitrogens with zero attached hydrogens (tertiary/aromatic N) is 1. The largest absolute Gasteiger partial charge is 0.368 e. The Labute approximate surface area is 104 Å². The van der Waals surface area contributed by atoms with Crippen LogP contribution in [0.25, 0.3) is 0 Å². The van der Waals surface area contributed by atoms with E-state index in [1.54, 1.807) is 4.90 Å². The van der Waals surface area contributed by atoms with Crippen LogP contribution in [0, 0.1) is 11.8 Å². The van der Waals surface area contributed by atoms with E-state index in [9.17, 15) is 4.79 Å². The maximum atomic E-state index is 12.1. The summed E-state index contributed by atoms with van der Waals surface area (Å²) < 4.78 is 5.48. The molecular formula is C13H26N2O2. The molecule has 0 aliphatic carbocycles. The van der Waals surface area contributed by atoms with Crippen LogP contribution in [0.1, 0.15) is 33.6 Å². The zero-order valence-electron chi connectivity index (χ0n) is 11.5. The van der Waals surface area contributed by atoms with Crippen LogP contribution < -0.4 is 5.73 Å². The molecule has 4 heteroatoms. The molecule has 1 rings (SSSR count). The van der Waals surface area contributed by atoms with Gasteiger partial charge in [-0.2, -0.15) is 0 Å². The molecule has 1 aliphatic rings. The fraction of sp³-hybridized carbons (Fsp3) is 0.923. The molecule has 0 aromatic heterocycles. The number of nitrogens with two attached hydrogens (primary N) is 1. The Morgan fingerprint density at radius 2 is 2.18 bits per heavy atom. The number of amides is 1. The van der Waals surface area contributed by atoms with E-state index < -0.39 is 0 Å². The molecule has 1 amide bonds. The van der Waals surface area contributed by atoms with Crippen molar-refractivity contribution in [3.8, 4) is 0 Å². The smallest absolute Gasteiger partial charge is 0.251 e. The second-order valence-electron chi connectivity index (χ2n) is 5.51. The number of ether oxygens (including phenoxy) is 1. The number of hydrogen-bond acceptors (Lipinski definition) is 3. The normalized spacial score (nSPS) is 26.2. The molecule has 0 saturated carbocycles. The maximum absolute atomic E-state index is 12.1. The summed E-state index contributed by atoms with van der Waals surface area (Å²) in [5.74, 6) is 0.898. The van der Waals surface area contributed by atoms with Crippen molar-refractivity contribution < 1.29 is 9.53 Å². The lowest BCUT2D eigenvalue weighted by Gasteiger charge is -2.25. The second kappa shape index (κ2) is 6.36. The minimum Gasteiger partial charge on any atom is -0.368 e. The molecule has 0 bridgehead atoms. The summed E-state index contributed by atoms with van der Waals surface area (Å²) in [5, 5.41) is 0. The van der Waals surface area contributed by atoms with Crippen LogP contribution in [-0.4, -0.2) is 43.2 Å². The molecule has 2 N–H and O–H groups in total. The van der Waals surface area contributed by atoms with E-state index in [0.717, 1.165) is 12.8 Å². The van der Waals surface area contributed by atoms with Gasteiger partial charge in [-0.15, -0.1) is 0 Å². The van der Waals surface area contributed by atoms with Crippen LogP contribution in [0.3, 0.4) is 0 Å². The van der Waals surface area contributed by atoms with Crippen molar-refractivity contribution in [2.45, 2.75) is 45.8 Å². The average Bonchev–Trinajstić information content (AvgIpc) is 2.70. The summed E-state index contributed by atoms with van der Waals surface area (Å²) in [6, 6.07) is 0.159. The van der Waals surface area contributed by atoms with Gasteiger partial charge in [-0.3, -0.25) is 4.79 Å². The number of carbonyl (C=O) groups is 1. The lowest BCUT2D eigenvalue weighted by Crippen LogP contribution is -2.41. The SMILES string of the molecule is CC(C)C(N)CCN(C)C(=O)C1OCCC1C. The zero-order valence-corrected chi connectivity index (χ0v) is 11.5. The number of likely N-dealkylation sites (N-methyl/N-ethyl adjacent to an activating group) is 1. The van der Waals surface area contributed by atoms with Gasteiger partial charge >= 0.3 is 0 Å². The molecule has 3 atom stereocenters. The van der Waals surface area contributed by atoms with Crippen molar-refractivity contribution in [3.05, 3.63) is 0 Å². The minimum atomic E-state index is -0.240. The molecule has 0 aromatic carbocycles. The molecule has 1 aliphatic heterocycles. The van der Waals surface area contributed by atoms with Crippen molar-refractivity contribution in [1.82, 2.24) is 4.90 Å². The summed E-state index contributed by atoms with van der Waals surface area (Å²) in [7, 11) is 1.84. The first-order chi connectivity index (χ1) is 7.93. The number of rotatable bonds is 5. The highest BCUT2D eigenvalue weighted by Crippen LogP contribution is 2.21. The van der Waals surface area contributed by atoms with E-state index in [1.165, 1.54) is 0 Å². The third-order valence-electron chi connectivity index (χ3n) is 3.66.